The second-order valence-corrected chi connectivity index (χ2v) is 14.9. The van der Waals surface area contributed by atoms with E-state index in [-0.39, 0.29) is 0 Å². The molecule has 0 unspecified atom stereocenters. The second-order valence-electron chi connectivity index (χ2n) is 14.9. The minimum atomic E-state index is 0.632. The Morgan fingerprint density at radius 1 is 0.207 bits per heavy atom. The Balaban J connectivity index is 1.04. The summed E-state index contributed by atoms with van der Waals surface area (Å²) >= 11 is 0. The van der Waals surface area contributed by atoms with Crippen LogP contribution in [0, 0.1) is 0 Å². The molecule has 0 atom stereocenters. The Bertz CT molecular complexity index is 3330. The van der Waals surface area contributed by atoms with Gasteiger partial charge in [-0.15, -0.1) is 0 Å². The number of aromatic nitrogens is 3. The monoisotopic (exact) mass is 737 g/mol. The molecule has 270 valence electrons. The Morgan fingerprint density at radius 3 is 1.22 bits per heavy atom. The van der Waals surface area contributed by atoms with Crippen molar-refractivity contribution < 1.29 is 0 Å². The Kier molecular flexibility index (Phi) is 8.15. The van der Waals surface area contributed by atoms with Crippen molar-refractivity contribution in [2.75, 3.05) is 0 Å². The van der Waals surface area contributed by atoms with Gasteiger partial charge < -0.3 is 0 Å². The van der Waals surface area contributed by atoms with Crippen LogP contribution < -0.4 is 0 Å². The lowest BCUT2D eigenvalue weighted by molar-refractivity contribution is 1.08. The standard InChI is InChI=1S/C55H35N3/c1-2-9-36(10-3-1)44-27-28-48-34-50(30-29-46(48)33-44)54-56-53(41-22-17-39(18-23-41)45-24-19-37-11-4-6-13-42(37)31-45)57-55(58-54)51-16-8-15-40-21-26-49(35-52(40)51)47-25-20-38-12-5-7-14-43(38)32-47/h1-35H. The summed E-state index contributed by atoms with van der Waals surface area (Å²) in [5, 5.41) is 9.43. The first kappa shape index (κ1) is 33.6. The molecule has 0 aliphatic heterocycles. The van der Waals surface area contributed by atoms with E-state index >= 15 is 0 Å². The molecule has 0 saturated heterocycles. The van der Waals surface area contributed by atoms with Crippen molar-refractivity contribution in [3.05, 3.63) is 212 Å². The lowest BCUT2D eigenvalue weighted by atomic mass is 9.96. The molecule has 0 aliphatic carbocycles. The average molecular weight is 738 g/mol. The summed E-state index contributed by atoms with van der Waals surface area (Å²) < 4.78 is 0. The maximum Gasteiger partial charge on any atom is 0.164 e. The summed E-state index contributed by atoms with van der Waals surface area (Å²) in [5.41, 5.74) is 9.86. The number of benzene rings is 10. The predicted molar refractivity (Wildman–Crippen MR) is 242 cm³/mol. The lowest BCUT2D eigenvalue weighted by Crippen LogP contribution is -2.00. The number of hydrogen-bond donors (Lipinski definition) is 0. The van der Waals surface area contributed by atoms with Crippen LogP contribution in [0.15, 0.2) is 212 Å². The van der Waals surface area contributed by atoms with Crippen LogP contribution in [0.25, 0.3) is 111 Å². The predicted octanol–water partition coefficient (Wildman–Crippen LogP) is 14.5. The van der Waals surface area contributed by atoms with E-state index in [1.165, 1.54) is 49.2 Å². The van der Waals surface area contributed by atoms with Gasteiger partial charge in [0, 0.05) is 16.7 Å². The normalized spacial score (nSPS) is 11.4. The SMILES string of the molecule is c1ccc(-c2ccc3cc(-c4nc(-c5ccc(-c6ccc7ccccc7c6)cc5)nc(-c5cccc6ccc(-c7ccc8ccccc8c7)cc56)n4)ccc3c2)cc1. The minimum absolute atomic E-state index is 0.632. The van der Waals surface area contributed by atoms with E-state index in [1.54, 1.807) is 0 Å². The van der Waals surface area contributed by atoms with Crippen LogP contribution >= 0.6 is 0 Å². The summed E-state index contributed by atoms with van der Waals surface area (Å²) in [6, 6.07) is 75.5. The van der Waals surface area contributed by atoms with Gasteiger partial charge >= 0.3 is 0 Å². The zero-order valence-electron chi connectivity index (χ0n) is 31.5. The molecule has 0 fully saturated rings. The topological polar surface area (TPSA) is 38.7 Å². The molecule has 0 bridgehead atoms. The highest BCUT2D eigenvalue weighted by atomic mass is 15.0. The fourth-order valence-corrected chi connectivity index (χ4v) is 8.15. The fraction of sp³-hybridized carbons (Fsp3) is 0. The lowest BCUT2D eigenvalue weighted by Gasteiger charge is -2.12. The van der Waals surface area contributed by atoms with Crippen LogP contribution in [0.1, 0.15) is 0 Å². The largest absolute Gasteiger partial charge is 0.208 e. The minimum Gasteiger partial charge on any atom is -0.208 e. The summed E-state index contributed by atoms with van der Waals surface area (Å²) in [7, 11) is 0. The van der Waals surface area contributed by atoms with E-state index in [4.69, 9.17) is 15.0 Å². The third-order valence-corrected chi connectivity index (χ3v) is 11.3. The van der Waals surface area contributed by atoms with Crippen LogP contribution in [-0.4, -0.2) is 15.0 Å². The fourth-order valence-electron chi connectivity index (χ4n) is 8.15. The second kappa shape index (κ2) is 14.1. The highest BCUT2D eigenvalue weighted by Gasteiger charge is 2.16. The molecule has 0 aliphatic rings. The third kappa shape index (κ3) is 6.25. The zero-order chi connectivity index (χ0) is 38.4. The molecule has 11 rings (SSSR count). The van der Waals surface area contributed by atoms with Crippen molar-refractivity contribution in [3.63, 3.8) is 0 Å². The highest BCUT2D eigenvalue weighted by Crippen LogP contribution is 2.35. The quantitative estimate of drug-likeness (QED) is 0.171. The average Bonchev–Trinajstić information content (AvgIpc) is 3.30. The Labute approximate surface area is 336 Å². The van der Waals surface area contributed by atoms with Crippen molar-refractivity contribution >= 4 is 43.1 Å². The third-order valence-electron chi connectivity index (χ3n) is 11.3. The van der Waals surface area contributed by atoms with Crippen molar-refractivity contribution in [2.45, 2.75) is 0 Å². The van der Waals surface area contributed by atoms with Gasteiger partial charge in [0.2, 0.25) is 0 Å². The smallest absolute Gasteiger partial charge is 0.164 e. The summed E-state index contributed by atoms with van der Waals surface area (Å²) in [5.74, 6) is 1.90. The van der Waals surface area contributed by atoms with Gasteiger partial charge in [-0.3, -0.25) is 0 Å². The molecular weight excluding hydrogens is 703 g/mol. The Hall–Kier alpha value is -7.75. The molecule has 3 heteroatoms. The van der Waals surface area contributed by atoms with E-state index in [0.29, 0.717) is 17.5 Å². The molecule has 1 aromatic heterocycles. The van der Waals surface area contributed by atoms with E-state index in [0.717, 1.165) is 44.0 Å². The van der Waals surface area contributed by atoms with Crippen molar-refractivity contribution in [2.24, 2.45) is 0 Å². The van der Waals surface area contributed by atoms with Crippen LogP contribution in [0.5, 0.6) is 0 Å². The number of nitrogens with zero attached hydrogens (tertiary/aromatic N) is 3. The highest BCUT2D eigenvalue weighted by molar-refractivity contribution is 5.99. The van der Waals surface area contributed by atoms with Gasteiger partial charge in [-0.1, -0.05) is 182 Å². The maximum atomic E-state index is 5.24. The molecule has 10 aromatic carbocycles. The van der Waals surface area contributed by atoms with E-state index in [2.05, 4.69) is 212 Å². The van der Waals surface area contributed by atoms with Gasteiger partial charge in [-0.2, -0.15) is 0 Å². The number of hydrogen-bond acceptors (Lipinski definition) is 3. The summed E-state index contributed by atoms with van der Waals surface area (Å²) in [6.07, 6.45) is 0. The first-order valence-electron chi connectivity index (χ1n) is 19.7. The molecule has 1 heterocycles. The van der Waals surface area contributed by atoms with Crippen molar-refractivity contribution in [3.8, 4) is 67.5 Å². The molecule has 58 heavy (non-hydrogen) atoms. The van der Waals surface area contributed by atoms with Gasteiger partial charge in [0.15, 0.2) is 17.5 Å². The van der Waals surface area contributed by atoms with Crippen molar-refractivity contribution in [1.29, 1.82) is 0 Å². The van der Waals surface area contributed by atoms with E-state index in [1.807, 2.05) is 0 Å². The molecule has 0 N–H and O–H groups in total. The summed E-state index contributed by atoms with van der Waals surface area (Å²) in [6.45, 7) is 0. The molecular formula is C55H35N3. The van der Waals surface area contributed by atoms with E-state index in [9.17, 15) is 0 Å². The Morgan fingerprint density at radius 2 is 0.586 bits per heavy atom. The van der Waals surface area contributed by atoms with Gasteiger partial charge in [0.05, 0.1) is 0 Å². The van der Waals surface area contributed by atoms with Crippen molar-refractivity contribution in [1.82, 2.24) is 15.0 Å². The number of rotatable bonds is 6. The molecule has 0 radical (unpaired) electrons. The molecule has 11 aromatic rings. The van der Waals surface area contributed by atoms with Gasteiger partial charge in [0.1, 0.15) is 0 Å². The zero-order valence-corrected chi connectivity index (χ0v) is 31.5. The van der Waals surface area contributed by atoms with E-state index < -0.39 is 0 Å². The first-order chi connectivity index (χ1) is 28.7. The van der Waals surface area contributed by atoms with Gasteiger partial charge in [-0.25, -0.2) is 15.0 Å². The molecule has 0 saturated carbocycles. The van der Waals surface area contributed by atoms with Gasteiger partial charge in [0.25, 0.3) is 0 Å². The first-order valence-corrected chi connectivity index (χ1v) is 19.7. The molecule has 0 amide bonds. The van der Waals surface area contributed by atoms with Gasteiger partial charge in [-0.05, 0) is 107 Å². The van der Waals surface area contributed by atoms with Crippen LogP contribution in [0.3, 0.4) is 0 Å². The van der Waals surface area contributed by atoms with Crippen LogP contribution in [0.4, 0.5) is 0 Å². The summed E-state index contributed by atoms with van der Waals surface area (Å²) in [4.78, 5) is 15.6. The van der Waals surface area contributed by atoms with Crippen LogP contribution in [0.2, 0.25) is 0 Å². The molecule has 3 nitrogen and oxygen atoms in total. The van der Waals surface area contributed by atoms with Crippen LogP contribution in [-0.2, 0) is 0 Å². The molecule has 0 spiro atoms. The number of fused-ring (bicyclic) bond motifs is 4. The maximum absolute atomic E-state index is 5.24.